The Morgan fingerprint density at radius 3 is 2.52 bits per heavy atom. The minimum absolute atomic E-state index is 0.196. The molecule has 2 heteroatoms. The van der Waals surface area contributed by atoms with Crippen molar-refractivity contribution in [2.45, 2.75) is 33.6 Å². The van der Waals surface area contributed by atoms with Crippen LogP contribution in [0.4, 0.5) is 5.69 Å². The second-order valence-corrected chi connectivity index (χ2v) is 6.03. The van der Waals surface area contributed by atoms with E-state index in [1.54, 1.807) is 0 Å². The Labute approximate surface area is 126 Å². The highest BCUT2D eigenvalue weighted by atomic mass is 16.1. The molecule has 21 heavy (non-hydrogen) atoms. The zero-order valence-electron chi connectivity index (χ0n) is 12.9. The van der Waals surface area contributed by atoms with Crippen molar-refractivity contribution in [3.05, 3.63) is 63.7 Å². The van der Waals surface area contributed by atoms with Gasteiger partial charge in [-0.2, -0.15) is 0 Å². The molecule has 2 nitrogen and oxygen atoms in total. The van der Waals surface area contributed by atoms with Gasteiger partial charge in [0.2, 0.25) is 0 Å². The molecule has 0 spiro atoms. The number of carbonyl (C=O) groups excluding carboxylic acids is 1. The summed E-state index contributed by atoms with van der Waals surface area (Å²) in [5, 5.41) is 3.34. The molecule has 0 saturated heterocycles. The molecule has 0 fully saturated rings. The molecule has 108 valence electrons. The minimum atomic E-state index is 0.196. The molecule has 0 atom stereocenters. The normalized spacial score (nSPS) is 12.9. The van der Waals surface area contributed by atoms with Gasteiger partial charge in [0.1, 0.15) is 0 Å². The molecular formula is C19H21NO. The third-order valence-corrected chi connectivity index (χ3v) is 4.32. The monoisotopic (exact) mass is 279 g/mol. The lowest BCUT2D eigenvalue weighted by Crippen LogP contribution is -2.07. The summed E-state index contributed by atoms with van der Waals surface area (Å²) in [5.74, 6) is 0.196. The number of hydrogen-bond acceptors (Lipinski definition) is 2. The van der Waals surface area contributed by atoms with Gasteiger partial charge in [0.25, 0.3) is 0 Å². The van der Waals surface area contributed by atoms with E-state index in [1.807, 2.05) is 12.1 Å². The van der Waals surface area contributed by atoms with Gasteiger partial charge in [-0.25, -0.2) is 0 Å². The standard InChI is InChI=1S/C19H21NO/c1-12-8-13(2)17(14(3)9-12)11-19(21)16-5-4-15-6-7-20-18(15)10-16/h4-5,8-10,20H,6-7,11H2,1-3H3. The Hall–Kier alpha value is -2.09. The van der Waals surface area contributed by atoms with Crippen molar-refractivity contribution in [3.63, 3.8) is 0 Å². The number of carbonyl (C=O) groups is 1. The third-order valence-electron chi connectivity index (χ3n) is 4.32. The van der Waals surface area contributed by atoms with Gasteiger partial charge in [0.05, 0.1) is 0 Å². The van der Waals surface area contributed by atoms with Crippen molar-refractivity contribution in [1.82, 2.24) is 0 Å². The largest absolute Gasteiger partial charge is 0.384 e. The first-order chi connectivity index (χ1) is 10.0. The molecule has 2 aromatic carbocycles. The average Bonchev–Trinajstić information content (AvgIpc) is 2.89. The summed E-state index contributed by atoms with van der Waals surface area (Å²) in [5.41, 5.74) is 8.08. The van der Waals surface area contributed by atoms with Crippen LogP contribution < -0.4 is 5.32 Å². The van der Waals surface area contributed by atoms with Crippen LogP contribution in [0.3, 0.4) is 0 Å². The summed E-state index contributed by atoms with van der Waals surface area (Å²) in [6.07, 6.45) is 1.54. The van der Waals surface area contributed by atoms with Crippen LogP contribution in [0.1, 0.15) is 38.2 Å². The highest BCUT2D eigenvalue weighted by molar-refractivity contribution is 5.99. The van der Waals surface area contributed by atoms with Gasteiger partial charge in [0, 0.05) is 24.2 Å². The van der Waals surface area contributed by atoms with E-state index in [1.165, 1.54) is 27.8 Å². The zero-order chi connectivity index (χ0) is 15.0. The number of hydrogen-bond donors (Lipinski definition) is 1. The number of anilines is 1. The van der Waals surface area contributed by atoms with E-state index in [-0.39, 0.29) is 5.78 Å². The van der Waals surface area contributed by atoms with Gasteiger partial charge in [-0.1, -0.05) is 29.8 Å². The summed E-state index contributed by atoms with van der Waals surface area (Å²) in [6, 6.07) is 10.4. The maximum Gasteiger partial charge on any atom is 0.167 e. The van der Waals surface area contributed by atoms with Crippen molar-refractivity contribution in [1.29, 1.82) is 0 Å². The summed E-state index contributed by atoms with van der Waals surface area (Å²) in [4.78, 5) is 12.6. The Morgan fingerprint density at radius 1 is 1.10 bits per heavy atom. The van der Waals surface area contributed by atoms with Gasteiger partial charge in [-0.05, 0) is 55.5 Å². The Balaban J connectivity index is 1.87. The van der Waals surface area contributed by atoms with Crippen molar-refractivity contribution < 1.29 is 4.79 Å². The molecule has 3 rings (SSSR count). The Morgan fingerprint density at radius 2 is 1.81 bits per heavy atom. The third kappa shape index (κ3) is 2.71. The van der Waals surface area contributed by atoms with E-state index in [9.17, 15) is 4.79 Å². The number of nitrogens with one attached hydrogen (secondary N) is 1. The van der Waals surface area contributed by atoms with E-state index < -0.39 is 0 Å². The van der Waals surface area contributed by atoms with Crippen LogP contribution >= 0.6 is 0 Å². The topological polar surface area (TPSA) is 29.1 Å². The van der Waals surface area contributed by atoms with Crippen molar-refractivity contribution in [3.8, 4) is 0 Å². The molecule has 0 aromatic heterocycles. The maximum atomic E-state index is 12.6. The molecular weight excluding hydrogens is 258 g/mol. The lowest BCUT2D eigenvalue weighted by atomic mass is 9.93. The molecule has 1 heterocycles. The number of benzene rings is 2. The van der Waals surface area contributed by atoms with E-state index >= 15 is 0 Å². The molecule has 0 radical (unpaired) electrons. The molecule has 1 aliphatic rings. The molecule has 0 unspecified atom stereocenters. The van der Waals surface area contributed by atoms with Gasteiger partial charge in [-0.3, -0.25) is 4.79 Å². The van der Waals surface area contributed by atoms with Crippen molar-refractivity contribution >= 4 is 11.5 Å². The van der Waals surface area contributed by atoms with Crippen LogP contribution in [0.5, 0.6) is 0 Å². The highest BCUT2D eigenvalue weighted by Crippen LogP contribution is 2.25. The van der Waals surface area contributed by atoms with Crippen LogP contribution in [0.2, 0.25) is 0 Å². The smallest absolute Gasteiger partial charge is 0.167 e. The van der Waals surface area contributed by atoms with E-state index in [4.69, 9.17) is 0 Å². The molecule has 1 aliphatic heterocycles. The SMILES string of the molecule is Cc1cc(C)c(CC(=O)c2ccc3c(c2)NCC3)c(C)c1. The lowest BCUT2D eigenvalue weighted by molar-refractivity contribution is 0.0992. The fraction of sp³-hybridized carbons (Fsp3) is 0.316. The minimum Gasteiger partial charge on any atom is -0.384 e. The number of fused-ring (bicyclic) bond motifs is 1. The van der Waals surface area contributed by atoms with Crippen molar-refractivity contribution in [2.75, 3.05) is 11.9 Å². The second-order valence-electron chi connectivity index (χ2n) is 6.03. The molecule has 0 amide bonds. The van der Waals surface area contributed by atoms with Crippen LogP contribution in [-0.2, 0) is 12.8 Å². The Kier molecular flexibility index (Phi) is 3.54. The summed E-state index contributed by atoms with van der Waals surface area (Å²) < 4.78 is 0. The zero-order valence-corrected chi connectivity index (χ0v) is 12.9. The number of Topliss-reactive ketones (excluding diaryl/α,β-unsaturated/α-hetero) is 1. The number of aryl methyl sites for hydroxylation is 3. The predicted molar refractivity (Wildman–Crippen MR) is 87.3 cm³/mol. The number of rotatable bonds is 3. The van der Waals surface area contributed by atoms with Crippen LogP contribution in [0, 0.1) is 20.8 Å². The van der Waals surface area contributed by atoms with Crippen molar-refractivity contribution in [2.24, 2.45) is 0 Å². The van der Waals surface area contributed by atoms with E-state index in [0.717, 1.165) is 24.2 Å². The summed E-state index contributed by atoms with van der Waals surface area (Å²) in [7, 11) is 0. The highest BCUT2D eigenvalue weighted by Gasteiger charge is 2.15. The van der Waals surface area contributed by atoms with Gasteiger partial charge >= 0.3 is 0 Å². The molecule has 0 saturated carbocycles. The quantitative estimate of drug-likeness (QED) is 0.860. The van der Waals surface area contributed by atoms with Gasteiger partial charge < -0.3 is 5.32 Å². The fourth-order valence-electron chi connectivity index (χ4n) is 3.22. The molecule has 2 aromatic rings. The predicted octanol–water partition coefficient (Wildman–Crippen LogP) is 4.01. The van der Waals surface area contributed by atoms with Crippen LogP contribution in [0.25, 0.3) is 0 Å². The average molecular weight is 279 g/mol. The van der Waals surface area contributed by atoms with E-state index in [2.05, 4.69) is 44.3 Å². The maximum absolute atomic E-state index is 12.6. The first-order valence-corrected chi connectivity index (χ1v) is 7.51. The summed E-state index contributed by atoms with van der Waals surface area (Å²) >= 11 is 0. The molecule has 1 N–H and O–H groups in total. The first kappa shape index (κ1) is 13.9. The van der Waals surface area contributed by atoms with E-state index in [0.29, 0.717) is 6.42 Å². The lowest BCUT2D eigenvalue weighted by Gasteiger charge is -2.11. The fourth-order valence-corrected chi connectivity index (χ4v) is 3.22. The van der Waals surface area contributed by atoms with Crippen LogP contribution in [0.15, 0.2) is 30.3 Å². The van der Waals surface area contributed by atoms with Gasteiger partial charge in [-0.15, -0.1) is 0 Å². The van der Waals surface area contributed by atoms with Crippen LogP contribution in [-0.4, -0.2) is 12.3 Å². The first-order valence-electron chi connectivity index (χ1n) is 7.51. The second kappa shape index (κ2) is 5.36. The van der Waals surface area contributed by atoms with Gasteiger partial charge in [0.15, 0.2) is 5.78 Å². The molecule has 0 aliphatic carbocycles. The summed E-state index contributed by atoms with van der Waals surface area (Å²) in [6.45, 7) is 7.25. The Bertz CT molecular complexity index is 692. The molecule has 0 bridgehead atoms. The number of ketones is 1.